The molecule has 0 bridgehead atoms. The Kier molecular flexibility index (Phi) is 4.69. The van der Waals surface area contributed by atoms with E-state index in [1.165, 1.54) is 19.1 Å². The lowest BCUT2D eigenvalue weighted by Gasteiger charge is -2.10. The van der Waals surface area contributed by atoms with Gasteiger partial charge in [0.05, 0.1) is 4.92 Å². The minimum absolute atomic E-state index is 0.0119. The Balaban J connectivity index is 3.52. The molecule has 1 rings (SSSR count). The van der Waals surface area contributed by atoms with Crippen molar-refractivity contribution in [2.45, 2.75) is 13.8 Å². The Hall–Kier alpha value is -1.59. The van der Waals surface area contributed by atoms with Crippen LogP contribution in [0.2, 0.25) is 0 Å². The Morgan fingerprint density at radius 3 is 2.39 bits per heavy atom. The fourth-order valence-corrected chi connectivity index (χ4v) is 1.62. The highest BCUT2D eigenvalue weighted by Gasteiger charge is 2.20. The second kappa shape index (κ2) is 5.84. The number of allylic oxidation sites excluding steroid dienone is 1. The molecule has 0 fully saturated rings. The van der Waals surface area contributed by atoms with Gasteiger partial charge < -0.3 is 5.32 Å². The van der Waals surface area contributed by atoms with Crippen LogP contribution in [-0.2, 0) is 4.79 Å². The zero-order chi connectivity index (χ0) is 13.9. The molecule has 1 aromatic carbocycles. The third kappa shape index (κ3) is 3.21. The number of hydrogen-bond donors (Lipinski definition) is 1. The standard InChI is InChI=1S/C11H10Cl2N2O3/c1-6(11(12)13)8-4-3-5-9(15(17)18)10(8)14-7(2)16/h3-5H,1-2H3,(H,14,16). The summed E-state index contributed by atoms with van der Waals surface area (Å²) in [6, 6.07) is 4.39. The monoisotopic (exact) mass is 288 g/mol. The molecule has 1 aromatic rings. The van der Waals surface area contributed by atoms with Crippen molar-refractivity contribution >= 4 is 46.1 Å². The summed E-state index contributed by atoms with van der Waals surface area (Å²) in [5.41, 5.74) is 0.744. The fourth-order valence-electron chi connectivity index (χ4n) is 1.41. The van der Waals surface area contributed by atoms with Gasteiger partial charge >= 0.3 is 0 Å². The third-order valence-electron chi connectivity index (χ3n) is 2.23. The molecule has 0 saturated carbocycles. The van der Waals surface area contributed by atoms with Crippen LogP contribution in [0.1, 0.15) is 19.4 Å². The highest BCUT2D eigenvalue weighted by Crippen LogP contribution is 2.35. The van der Waals surface area contributed by atoms with E-state index in [0.29, 0.717) is 11.1 Å². The van der Waals surface area contributed by atoms with Crippen molar-refractivity contribution in [1.82, 2.24) is 0 Å². The van der Waals surface area contributed by atoms with Crippen molar-refractivity contribution in [3.8, 4) is 0 Å². The quantitative estimate of drug-likeness (QED) is 0.680. The molecule has 1 N–H and O–H groups in total. The van der Waals surface area contributed by atoms with Crippen LogP contribution in [0, 0.1) is 10.1 Å². The smallest absolute Gasteiger partial charge is 0.293 e. The Morgan fingerprint density at radius 1 is 1.33 bits per heavy atom. The molecule has 96 valence electrons. The molecular weight excluding hydrogens is 279 g/mol. The van der Waals surface area contributed by atoms with Gasteiger partial charge in [0.15, 0.2) is 0 Å². The summed E-state index contributed by atoms with van der Waals surface area (Å²) in [5, 5.41) is 13.3. The fraction of sp³-hybridized carbons (Fsp3) is 0.182. The molecule has 0 radical (unpaired) electrons. The predicted octanol–water partition coefficient (Wildman–Crippen LogP) is 3.72. The molecule has 7 heteroatoms. The average molecular weight is 289 g/mol. The van der Waals surface area contributed by atoms with Gasteiger partial charge in [-0.3, -0.25) is 14.9 Å². The van der Waals surface area contributed by atoms with Crippen LogP contribution in [0.25, 0.3) is 5.57 Å². The number of carbonyl (C=O) groups excluding carboxylic acids is 1. The third-order valence-corrected chi connectivity index (χ3v) is 2.79. The Morgan fingerprint density at radius 2 is 1.94 bits per heavy atom. The number of nitrogens with zero attached hydrogens (tertiary/aromatic N) is 1. The van der Waals surface area contributed by atoms with Crippen LogP contribution in [0.3, 0.4) is 0 Å². The normalized spacial score (nSPS) is 9.78. The first-order valence-electron chi connectivity index (χ1n) is 4.91. The van der Waals surface area contributed by atoms with E-state index in [0.717, 1.165) is 0 Å². The van der Waals surface area contributed by atoms with Crippen LogP contribution in [0.5, 0.6) is 0 Å². The summed E-state index contributed by atoms with van der Waals surface area (Å²) >= 11 is 11.3. The van der Waals surface area contributed by atoms with E-state index in [-0.39, 0.29) is 15.9 Å². The lowest BCUT2D eigenvalue weighted by Crippen LogP contribution is -2.10. The van der Waals surface area contributed by atoms with E-state index in [2.05, 4.69) is 5.32 Å². The summed E-state index contributed by atoms with van der Waals surface area (Å²) < 4.78 is -0.0119. The summed E-state index contributed by atoms with van der Waals surface area (Å²) in [6.45, 7) is 2.88. The van der Waals surface area contributed by atoms with Crippen molar-refractivity contribution in [3.63, 3.8) is 0 Å². The van der Waals surface area contributed by atoms with Crippen LogP contribution in [0.15, 0.2) is 22.7 Å². The number of anilines is 1. The van der Waals surface area contributed by atoms with Crippen molar-refractivity contribution in [3.05, 3.63) is 38.4 Å². The number of hydrogen-bond acceptors (Lipinski definition) is 3. The number of rotatable bonds is 3. The summed E-state index contributed by atoms with van der Waals surface area (Å²) in [6.07, 6.45) is 0. The second-order valence-electron chi connectivity index (χ2n) is 3.52. The number of nitro groups is 1. The van der Waals surface area contributed by atoms with Crippen LogP contribution in [0.4, 0.5) is 11.4 Å². The van der Waals surface area contributed by atoms with Crippen molar-refractivity contribution in [2.75, 3.05) is 5.32 Å². The van der Waals surface area contributed by atoms with E-state index in [4.69, 9.17) is 23.2 Å². The predicted molar refractivity (Wildman–Crippen MR) is 71.7 cm³/mol. The molecule has 18 heavy (non-hydrogen) atoms. The highest BCUT2D eigenvalue weighted by atomic mass is 35.5. The number of nitrogens with one attached hydrogen (secondary N) is 1. The molecule has 0 saturated heterocycles. The summed E-state index contributed by atoms with van der Waals surface area (Å²) in [4.78, 5) is 21.5. The minimum Gasteiger partial charge on any atom is -0.320 e. The molecule has 0 aliphatic heterocycles. The molecule has 0 aliphatic carbocycles. The number of nitro benzene ring substituents is 1. The maximum absolute atomic E-state index is 11.1. The van der Waals surface area contributed by atoms with Crippen molar-refractivity contribution < 1.29 is 9.72 Å². The largest absolute Gasteiger partial charge is 0.320 e. The Bertz CT molecular complexity index is 537. The number of amides is 1. The van der Waals surface area contributed by atoms with Crippen LogP contribution < -0.4 is 5.32 Å². The number of para-hydroxylation sites is 1. The molecule has 0 heterocycles. The van der Waals surface area contributed by atoms with Gasteiger partial charge in [-0.1, -0.05) is 35.3 Å². The maximum Gasteiger partial charge on any atom is 0.293 e. The average Bonchev–Trinajstić information content (AvgIpc) is 2.27. The van der Waals surface area contributed by atoms with Gasteiger partial charge in [0.25, 0.3) is 5.69 Å². The van der Waals surface area contributed by atoms with Crippen molar-refractivity contribution in [1.29, 1.82) is 0 Å². The molecule has 0 aromatic heterocycles. The summed E-state index contributed by atoms with van der Waals surface area (Å²) in [7, 11) is 0. The van der Waals surface area contributed by atoms with E-state index in [1.807, 2.05) is 0 Å². The molecule has 0 aliphatic rings. The lowest BCUT2D eigenvalue weighted by atomic mass is 10.1. The molecule has 0 unspecified atom stereocenters. The zero-order valence-electron chi connectivity index (χ0n) is 9.66. The zero-order valence-corrected chi connectivity index (χ0v) is 11.2. The van der Waals surface area contributed by atoms with E-state index in [9.17, 15) is 14.9 Å². The van der Waals surface area contributed by atoms with Gasteiger partial charge in [0.2, 0.25) is 5.91 Å². The minimum atomic E-state index is -0.579. The molecular formula is C11H10Cl2N2O3. The second-order valence-corrected chi connectivity index (χ2v) is 4.47. The molecule has 0 atom stereocenters. The number of carbonyl (C=O) groups is 1. The SMILES string of the molecule is CC(=O)Nc1c(C(C)=C(Cl)Cl)cccc1[N+](=O)[O-]. The van der Waals surface area contributed by atoms with Gasteiger partial charge in [-0.25, -0.2) is 0 Å². The first kappa shape index (κ1) is 14.5. The van der Waals surface area contributed by atoms with Crippen molar-refractivity contribution in [2.24, 2.45) is 0 Å². The van der Waals surface area contributed by atoms with Gasteiger partial charge in [0.1, 0.15) is 10.2 Å². The first-order chi connectivity index (χ1) is 8.34. The highest BCUT2D eigenvalue weighted by molar-refractivity contribution is 6.58. The van der Waals surface area contributed by atoms with Gasteiger partial charge in [-0.15, -0.1) is 0 Å². The van der Waals surface area contributed by atoms with Crippen LogP contribution >= 0.6 is 23.2 Å². The lowest BCUT2D eigenvalue weighted by molar-refractivity contribution is -0.383. The number of benzene rings is 1. The topological polar surface area (TPSA) is 72.2 Å². The number of halogens is 2. The van der Waals surface area contributed by atoms with E-state index < -0.39 is 10.8 Å². The Labute approximate surface area is 114 Å². The van der Waals surface area contributed by atoms with Crippen LogP contribution in [-0.4, -0.2) is 10.8 Å². The van der Waals surface area contributed by atoms with Gasteiger partial charge in [-0.2, -0.15) is 0 Å². The molecule has 1 amide bonds. The van der Waals surface area contributed by atoms with E-state index >= 15 is 0 Å². The maximum atomic E-state index is 11.1. The summed E-state index contributed by atoms with van der Waals surface area (Å²) in [5.74, 6) is -0.413. The first-order valence-corrected chi connectivity index (χ1v) is 5.67. The van der Waals surface area contributed by atoms with Gasteiger partial charge in [-0.05, 0) is 12.5 Å². The molecule has 5 nitrogen and oxygen atoms in total. The van der Waals surface area contributed by atoms with E-state index in [1.54, 1.807) is 13.0 Å². The molecule has 0 spiro atoms. The van der Waals surface area contributed by atoms with Gasteiger partial charge in [0, 0.05) is 18.6 Å².